The molecule has 1 unspecified atom stereocenters. The molecule has 0 aliphatic carbocycles. The van der Waals surface area contributed by atoms with Gasteiger partial charge in [0.2, 0.25) is 0 Å². The molecular formula is C6H10OS. The highest BCUT2D eigenvalue weighted by Gasteiger charge is 1.89. The molecule has 1 atom stereocenters. The van der Waals surface area contributed by atoms with E-state index in [-0.39, 0.29) is 0 Å². The minimum atomic E-state index is -0.999. The van der Waals surface area contributed by atoms with E-state index in [0.29, 0.717) is 5.75 Å². The average molecular weight is 130 g/mol. The Bertz CT molecular complexity index is 112. The summed E-state index contributed by atoms with van der Waals surface area (Å²) < 4.78 is 10.4. The highest BCUT2D eigenvalue weighted by atomic mass is 32.2. The summed E-state index contributed by atoms with van der Waals surface area (Å²) >= 11 is 0. The van der Waals surface area contributed by atoms with Gasteiger partial charge in [0.25, 0.3) is 0 Å². The van der Waals surface area contributed by atoms with Crippen molar-refractivity contribution in [1.29, 1.82) is 0 Å². The minimum Gasteiger partial charge on any atom is -0.246 e. The Kier molecular flexibility index (Phi) is 4.68. The second kappa shape index (κ2) is 4.86. The maximum atomic E-state index is 10.4. The normalized spacial score (nSPS) is 12.5. The van der Waals surface area contributed by atoms with Gasteiger partial charge in [-0.3, -0.25) is 0 Å². The third-order valence-corrected chi connectivity index (χ3v) is 1.74. The van der Waals surface area contributed by atoms with Crippen LogP contribution in [-0.4, -0.2) is 9.96 Å². The fourth-order valence-electron chi connectivity index (χ4n) is 0.334. The summed E-state index contributed by atoms with van der Waals surface area (Å²) in [6.07, 6.45) is 6.89. The Morgan fingerprint density at radius 1 is 1.75 bits per heavy atom. The molecule has 0 radical (unpaired) electrons. The molecule has 0 N–H and O–H groups in total. The molecule has 0 bridgehead atoms. The summed E-state index contributed by atoms with van der Waals surface area (Å²) in [5.74, 6) is 0.660. The topological polar surface area (TPSA) is 17.1 Å². The molecule has 0 saturated carbocycles. The van der Waals surface area contributed by atoms with Gasteiger partial charge < -0.3 is 0 Å². The SMILES string of the molecule is C#CS(=O)CCCC. The maximum Gasteiger partial charge on any atom is 0.0972 e. The maximum absolute atomic E-state index is 10.4. The third kappa shape index (κ3) is 3.89. The van der Waals surface area contributed by atoms with Gasteiger partial charge >= 0.3 is 0 Å². The smallest absolute Gasteiger partial charge is 0.0972 e. The van der Waals surface area contributed by atoms with Gasteiger partial charge in [-0.2, -0.15) is 0 Å². The van der Waals surface area contributed by atoms with E-state index >= 15 is 0 Å². The molecular weight excluding hydrogens is 120 g/mol. The van der Waals surface area contributed by atoms with Crippen LogP contribution >= 0.6 is 0 Å². The molecule has 2 heteroatoms. The lowest BCUT2D eigenvalue weighted by atomic mass is 10.4. The van der Waals surface area contributed by atoms with Crippen molar-refractivity contribution in [3.8, 4) is 11.7 Å². The van der Waals surface area contributed by atoms with Crippen LogP contribution in [0, 0.1) is 11.7 Å². The standard InChI is InChI=1S/C6H10OS/c1-3-5-6-8(7)4-2/h2H,3,5-6H2,1H3. The second-order valence-electron chi connectivity index (χ2n) is 1.52. The predicted octanol–water partition coefficient (Wildman–Crippen LogP) is 1.13. The van der Waals surface area contributed by atoms with Crippen molar-refractivity contribution >= 4 is 10.8 Å². The summed E-state index contributed by atoms with van der Waals surface area (Å²) in [5, 5.41) is 2.17. The highest BCUT2D eigenvalue weighted by molar-refractivity contribution is 7.89. The van der Waals surface area contributed by atoms with Gasteiger partial charge in [0.1, 0.15) is 0 Å². The van der Waals surface area contributed by atoms with Crippen LogP contribution < -0.4 is 0 Å². The first-order chi connectivity index (χ1) is 3.81. The summed E-state index contributed by atoms with van der Waals surface area (Å²) in [5.41, 5.74) is 0. The molecule has 0 fully saturated rings. The fourth-order valence-corrected chi connectivity index (χ4v) is 1.00. The zero-order valence-electron chi connectivity index (χ0n) is 5.02. The molecule has 0 aromatic heterocycles. The number of hydrogen-bond donors (Lipinski definition) is 0. The van der Waals surface area contributed by atoms with Crippen molar-refractivity contribution in [2.45, 2.75) is 19.8 Å². The molecule has 0 aliphatic heterocycles. The molecule has 0 rings (SSSR count). The lowest BCUT2D eigenvalue weighted by Gasteiger charge is -1.87. The van der Waals surface area contributed by atoms with Crippen LogP contribution in [0.25, 0.3) is 0 Å². The first-order valence-electron chi connectivity index (χ1n) is 2.66. The lowest BCUT2D eigenvalue weighted by molar-refractivity contribution is 0.686. The van der Waals surface area contributed by atoms with Crippen molar-refractivity contribution in [2.24, 2.45) is 0 Å². The Morgan fingerprint density at radius 2 is 2.38 bits per heavy atom. The zero-order chi connectivity index (χ0) is 6.41. The third-order valence-electron chi connectivity index (χ3n) is 0.815. The van der Waals surface area contributed by atoms with Crippen LogP contribution in [0.15, 0.2) is 0 Å². The van der Waals surface area contributed by atoms with E-state index < -0.39 is 10.8 Å². The summed E-state index contributed by atoms with van der Waals surface area (Å²) in [6, 6.07) is 0. The number of rotatable bonds is 3. The van der Waals surface area contributed by atoms with E-state index in [4.69, 9.17) is 6.42 Å². The summed E-state index contributed by atoms with van der Waals surface area (Å²) in [6.45, 7) is 2.05. The van der Waals surface area contributed by atoms with Crippen LogP contribution in [0.1, 0.15) is 19.8 Å². The highest BCUT2D eigenvalue weighted by Crippen LogP contribution is 1.88. The largest absolute Gasteiger partial charge is 0.246 e. The molecule has 0 aromatic carbocycles. The van der Waals surface area contributed by atoms with Gasteiger partial charge in [-0.15, -0.1) is 6.42 Å². The molecule has 0 heterocycles. The monoisotopic (exact) mass is 130 g/mol. The summed E-state index contributed by atoms with van der Waals surface area (Å²) in [4.78, 5) is 0. The Morgan fingerprint density at radius 3 is 2.75 bits per heavy atom. The van der Waals surface area contributed by atoms with Gasteiger partial charge in [-0.1, -0.05) is 13.3 Å². The van der Waals surface area contributed by atoms with Crippen molar-refractivity contribution in [3.63, 3.8) is 0 Å². The Balaban J connectivity index is 3.16. The van der Waals surface area contributed by atoms with Crippen molar-refractivity contribution < 1.29 is 4.21 Å². The van der Waals surface area contributed by atoms with Crippen molar-refractivity contribution in [3.05, 3.63) is 0 Å². The average Bonchev–Trinajstić information content (AvgIpc) is 1.83. The number of terminal acetylenes is 1. The quantitative estimate of drug-likeness (QED) is 0.523. The van der Waals surface area contributed by atoms with Gasteiger partial charge in [0.05, 0.1) is 10.8 Å². The van der Waals surface area contributed by atoms with Gasteiger partial charge in [-0.05, 0) is 11.7 Å². The van der Waals surface area contributed by atoms with E-state index in [2.05, 4.69) is 5.25 Å². The first kappa shape index (κ1) is 7.71. The van der Waals surface area contributed by atoms with Gasteiger partial charge in [-0.25, -0.2) is 4.21 Å². The lowest BCUT2D eigenvalue weighted by Crippen LogP contribution is -1.90. The molecule has 8 heavy (non-hydrogen) atoms. The summed E-state index contributed by atoms with van der Waals surface area (Å²) in [7, 11) is -0.999. The zero-order valence-corrected chi connectivity index (χ0v) is 5.83. The van der Waals surface area contributed by atoms with Crippen LogP contribution in [0.5, 0.6) is 0 Å². The van der Waals surface area contributed by atoms with Crippen LogP contribution in [0.2, 0.25) is 0 Å². The van der Waals surface area contributed by atoms with E-state index in [1.165, 1.54) is 0 Å². The van der Waals surface area contributed by atoms with Gasteiger partial charge in [0, 0.05) is 5.75 Å². The van der Waals surface area contributed by atoms with Crippen molar-refractivity contribution in [2.75, 3.05) is 5.75 Å². The fraction of sp³-hybridized carbons (Fsp3) is 0.667. The molecule has 1 nitrogen and oxygen atoms in total. The van der Waals surface area contributed by atoms with Crippen molar-refractivity contribution in [1.82, 2.24) is 0 Å². The number of unbranched alkanes of at least 4 members (excludes halogenated alkanes) is 1. The molecule has 0 aliphatic rings. The molecule has 46 valence electrons. The van der Waals surface area contributed by atoms with E-state index in [1.807, 2.05) is 6.92 Å². The minimum absolute atomic E-state index is 0.660. The van der Waals surface area contributed by atoms with Crippen LogP contribution in [0.3, 0.4) is 0 Å². The van der Waals surface area contributed by atoms with E-state index in [9.17, 15) is 4.21 Å². The first-order valence-corrected chi connectivity index (χ1v) is 3.97. The van der Waals surface area contributed by atoms with Gasteiger partial charge in [0.15, 0.2) is 0 Å². The molecule has 0 amide bonds. The van der Waals surface area contributed by atoms with Crippen LogP contribution in [-0.2, 0) is 10.8 Å². The van der Waals surface area contributed by atoms with Crippen LogP contribution in [0.4, 0.5) is 0 Å². The second-order valence-corrected chi connectivity index (χ2v) is 2.86. The van der Waals surface area contributed by atoms with E-state index in [0.717, 1.165) is 12.8 Å². The Labute approximate surface area is 52.9 Å². The number of hydrogen-bond acceptors (Lipinski definition) is 1. The molecule has 0 spiro atoms. The Hall–Kier alpha value is -0.290. The van der Waals surface area contributed by atoms with E-state index in [1.54, 1.807) is 0 Å². The molecule has 0 aromatic rings. The predicted molar refractivity (Wildman–Crippen MR) is 36.8 cm³/mol. The molecule has 0 saturated heterocycles.